The molecule has 9 rings (SSSR count). The summed E-state index contributed by atoms with van der Waals surface area (Å²) in [4.78, 5) is 9.68. The van der Waals surface area contributed by atoms with Crippen LogP contribution in [0.3, 0.4) is 0 Å². The van der Waals surface area contributed by atoms with Gasteiger partial charge in [-0.3, -0.25) is 0 Å². The number of rotatable bonds is 13. The lowest BCUT2D eigenvalue weighted by molar-refractivity contribution is 1.08. The van der Waals surface area contributed by atoms with E-state index in [2.05, 4.69) is 224 Å². The van der Waals surface area contributed by atoms with E-state index in [-0.39, 0.29) is 13.4 Å². The van der Waals surface area contributed by atoms with Crippen molar-refractivity contribution < 1.29 is 0 Å². The molecular formula is C59H52B2N4. The van der Waals surface area contributed by atoms with Gasteiger partial charge in [-0.2, -0.15) is 0 Å². The predicted molar refractivity (Wildman–Crippen MR) is 286 cm³/mol. The summed E-state index contributed by atoms with van der Waals surface area (Å²) < 4.78 is 0. The minimum Gasteiger partial charge on any atom is -0.315 e. The average Bonchev–Trinajstić information content (AvgIpc) is 3.33. The van der Waals surface area contributed by atoms with Crippen LogP contribution in [0.2, 0.25) is 0 Å². The molecule has 0 fully saturated rings. The molecule has 0 N–H and O–H groups in total. The first-order valence-electron chi connectivity index (χ1n) is 22.2. The lowest BCUT2D eigenvalue weighted by atomic mass is 9.30. The van der Waals surface area contributed by atoms with E-state index >= 15 is 0 Å². The Bertz CT molecular complexity index is 3040. The van der Waals surface area contributed by atoms with Crippen molar-refractivity contribution in [1.29, 1.82) is 0 Å². The van der Waals surface area contributed by atoms with Gasteiger partial charge in [0.1, 0.15) is 0 Å². The van der Waals surface area contributed by atoms with Crippen LogP contribution in [0.4, 0.5) is 45.5 Å². The fraction of sp³-hybridized carbons (Fsp3) is 0.0508. The normalized spacial score (nSPS) is 15.4. The monoisotopic (exact) mass is 838 g/mol. The first-order chi connectivity index (χ1) is 31.9. The maximum atomic E-state index is 4.32. The van der Waals surface area contributed by atoms with Crippen LogP contribution >= 0.6 is 0 Å². The molecule has 0 radical (unpaired) electrons. The molecule has 4 aliphatic rings. The zero-order valence-corrected chi connectivity index (χ0v) is 37.5. The van der Waals surface area contributed by atoms with Crippen molar-refractivity contribution in [2.75, 3.05) is 19.6 Å². The number of allylic oxidation sites excluding steroid dienone is 19. The van der Waals surface area contributed by atoms with E-state index < -0.39 is 0 Å². The van der Waals surface area contributed by atoms with Gasteiger partial charge >= 0.3 is 0 Å². The second-order valence-electron chi connectivity index (χ2n) is 16.3. The maximum absolute atomic E-state index is 4.32. The molecule has 5 aromatic carbocycles. The Morgan fingerprint density at radius 2 is 1.15 bits per heavy atom. The molecule has 0 unspecified atom stereocenters. The molecular weight excluding hydrogens is 786 g/mol. The van der Waals surface area contributed by atoms with Crippen molar-refractivity contribution in [3.8, 4) is 0 Å². The summed E-state index contributed by atoms with van der Waals surface area (Å²) >= 11 is 0. The molecule has 0 spiro atoms. The van der Waals surface area contributed by atoms with E-state index in [0.29, 0.717) is 0 Å². The van der Waals surface area contributed by atoms with Gasteiger partial charge in [0.25, 0.3) is 13.4 Å². The molecule has 4 nitrogen and oxygen atoms in total. The smallest absolute Gasteiger partial charge is 0.252 e. The molecule has 65 heavy (non-hydrogen) atoms. The lowest BCUT2D eigenvalue weighted by Crippen LogP contribution is -2.64. The van der Waals surface area contributed by atoms with Crippen molar-refractivity contribution in [1.82, 2.24) is 0 Å². The summed E-state index contributed by atoms with van der Waals surface area (Å²) in [6.07, 6.45) is 32.4. The van der Waals surface area contributed by atoms with Gasteiger partial charge in [0.15, 0.2) is 0 Å². The Kier molecular flexibility index (Phi) is 11.8. The van der Waals surface area contributed by atoms with E-state index in [1.165, 1.54) is 32.8 Å². The second kappa shape index (κ2) is 18.0. The van der Waals surface area contributed by atoms with E-state index in [1.807, 2.05) is 49.5 Å². The third kappa shape index (κ3) is 6.99. The van der Waals surface area contributed by atoms with Gasteiger partial charge in [0.05, 0.1) is 0 Å². The predicted octanol–water partition coefficient (Wildman–Crippen LogP) is 12.0. The Hall–Kier alpha value is -7.95. The summed E-state index contributed by atoms with van der Waals surface area (Å²) in [6.45, 7) is 26.8. The summed E-state index contributed by atoms with van der Waals surface area (Å²) in [5, 5.41) is 0. The van der Waals surface area contributed by atoms with Crippen LogP contribution in [0.1, 0.15) is 20.8 Å². The molecule has 0 saturated heterocycles. The Balaban J connectivity index is 1.42. The second-order valence-corrected chi connectivity index (χ2v) is 16.3. The van der Waals surface area contributed by atoms with Crippen LogP contribution in [0, 0.1) is 0 Å². The number of hydrogen-bond donors (Lipinski definition) is 0. The molecule has 314 valence electrons. The standard InChI is InChI=1S/C59H52B2N4/c1-9-15-20-28-42(7)62-52-36-25-38-54-58(52)61(48-34-23-24-35-51(48)64(54)44(14-6)29-16-10-2)49-40-50-57(41-56(49)62)65(46-31-21-19-22-32-46)55-39-26-37-53-59(55)60(50)47(33-18-12-4)43(8)63(53)45(27-13-5)30-17-11-3/h9-41H,1,3-6H2,2,7-8H3/b16-10-,20-15-,30-17-,33-18-,42-28+,44-29+,45-27+. The van der Waals surface area contributed by atoms with Gasteiger partial charge in [0, 0.05) is 68.3 Å². The van der Waals surface area contributed by atoms with Gasteiger partial charge in [-0.15, -0.1) is 0 Å². The Morgan fingerprint density at radius 1 is 0.508 bits per heavy atom. The molecule has 0 saturated carbocycles. The summed E-state index contributed by atoms with van der Waals surface area (Å²) in [6, 6.07) is 38.1. The van der Waals surface area contributed by atoms with Crippen molar-refractivity contribution in [2.24, 2.45) is 0 Å². The quantitative estimate of drug-likeness (QED) is 0.0865. The fourth-order valence-electron chi connectivity index (χ4n) is 10.2. The molecule has 5 aromatic rings. The van der Waals surface area contributed by atoms with Crippen LogP contribution < -0.4 is 46.9 Å². The maximum Gasteiger partial charge on any atom is 0.252 e. The van der Waals surface area contributed by atoms with E-state index in [0.717, 1.165) is 68.3 Å². The first kappa shape index (κ1) is 42.4. The van der Waals surface area contributed by atoms with Gasteiger partial charge < -0.3 is 19.6 Å². The highest BCUT2D eigenvalue weighted by Gasteiger charge is 2.47. The van der Waals surface area contributed by atoms with E-state index in [1.54, 1.807) is 0 Å². The molecule has 0 aliphatic carbocycles. The average molecular weight is 839 g/mol. The Morgan fingerprint density at radius 3 is 1.86 bits per heavy atom. The number of fused-ring (bicyclic) bond motifs is 6. The van der Waals surface area contributed by atoms with Crippen LogP contribution in [0.5, 0.6) is 0 Å². The minimum absolute atomic E-state index is 0.0696. The number of anilines is 8. The SMILES string of the molecule is C=C/C=C\C=C(/C)N1c2cc3c(cc2B2c4ccccc4N(/C(C=C)=C/C=C\C)c4cccc1c42)B1C(/C=C\C=C)=C(C)N(C(/C=C\C=C)=C/C=C)c2cccc(c21)N3c1ccccc1. The van der Waals surface area contributed by atoms with E-state index in [4.69, 9.17) is 0 Å². The topological polar surface area (TPSA) is 13.0 Å². The molecule has 0 bridgehead atoms. The van der Waals surface area contributed by atoms with Crippen LogP contribution in [0.15, 0.2) is 261 Å². The lowest BCUT2D eigenvalue weighted by Gasteiger charge is -2.47. The largest absolute Gasteiger partial charge is 0.315 e. The highest BCUT2D eigenvalue weighted by Crippen LogP contribution is 2.47. The van der Waals surface area contributed by atoms with Crippen molar-refractivity contribution in [2.45, 2.75) is 20.8 Å². The molecule has 4 aliphatic heterocycles. The van der Waals surface area contributed by atoms with Crippen LogP contribution in [-0.4, -0.2) is 13.4 Å². The zero-order chi connectivity index (χ0) is 45.2. The summed E-state index contributed by atoms with van der Waals surface area (Å²) in [7, 11) is 0. The highest BCUT2D eigenvalue weighted by molar-refractivity contribution is 7.01. The number of hydrogen-bond acceptors (Lipinski definition) is 4. The highest BCUT2D eigenvalue weighted by atomic mass is 15.2. The van der Waals surface area contributed by atoms with Crippen molar-refractivity contribution in [3.63, 3.8) is 0 Å². The minimum atomic E-state index is -0.106. The number of benzene rings is 5. The number of nitrogens with zero attached hydrogens (tertiary/aromatic N) is 4. The zero-order valence-electron chi connectivity index (χ0n) is 37.5. The fourth-order valence-corrected chi connectivity index (χ4v) is 10.2. The van der Waals surface area contributed by atoms with E-state index in [9.17, 15) is 0 Å². The van der Waals surface area contributed by atoms with Crippen LogP contribution in [0.25, 0.3) is 0 Å². The Labute approximate surface area is 386 Å². The third-order valence-corrected chi connectivity index (χ3v) is 12.7. The first-order valence-corrected chi connectivity index (χ1v) is 22.2. The van der Waals surface area contributed by atoms with Gasteiger partial charge in [0.2, 0.25) is 0 Å². The van der Waals surface area contributed by atoms with Crippen LogP contribution in [-0.2, 0) is 0 Å². The molecule has 0 aromatic heterocycles. The number of para-hydroxylation sites is 2. The van der Waals surface area contributed by atoms with Gasteiger partial charge in [-0.1, -0.05) is 154 Å². The van der Waals surface area contributed by atoms with Crippen molar-refractivity contribution in [3.05, 3.63) is 261 Å². The van der Waals surface area contributed by atoms with Gasteiger partial charge in [-0.05, 0) is 132 Å². The third-order valence-electron chi connectivity index (χ3n) is 12.7. The summed E-state index contributed by atoms with van der Waals surface area (Å²) in [5.74, 6) is 0. The molecule has 4 heterocycles. The summed E-state index contributed by atoms with van der Waals surface area (Å²) in [5.41, 5.74) is 20.7. The molecule has 6 heteroatoms. The van der Waals surface area contributed by atoms with Crippen molar-refractivity contribution >= 4 is 86.2 Å². The molecule has 0 atom stereocenters. The van der Waals surface area contributed by atoms with Gasteiger partial charge in [-0.25, -0.2) is 0 Å². The molecule has 0 amide bonds.